The summed E-state index contributed by atoms with van der Waals surface area (Å²) < 4.78 is 4.85. The molecular formula is C13H17N3O3. The predicted octanol–water partition coefficient (Wildman–Crippen LogP) is 0.350. The van der Waals surface area contributed by atoms with Crippen LogP contribution in [0.3, 0.4) is 0 Å². The molecule has 102 valence electrons. The van der Waals surface area contributed by atoms with Gasteiger partial charge in [0.15, 0.2) is 0 Å². The fourth-order valence-electron chi connectivity index (χ4n) is 1.55. The highest BCUT2D eigenvalue weighted by atomic mass is 16.5. The number of methoxy groups -OCH3 is 1. The summed E-state index contributed by atoms with van der Waals surface area (Å²) in [5.74, 6) is -0.464. The van der Waals surface area contributed by atoms with Gasteiger partial charge in [-0.15, -0.1) is 0 Å². The lowest BCUT2D eigenvalue weighted by molar-refractivity contribution is 0.0937. The first-order valence-corrected chi connectivity index (χ1v) is 6.25. The van der Waals surface area contributed by atoms with Crippen molar-refractivity contribution in [2.75, 3.05) is 20.3 Å². The van der Waals surface area contributed by atoms with Crippen LogP contribution in [0.1, 0.15) is 33.7 Å². The van der Waals surface area contributed by atoms with Crippen LogP contribution in [-0.4, -0.2) is 43.1 Å². The number of rotatable bonds is 6. The van der Waals surface area contributed by atoms with Crippen LogP contribution in [0, 0.1) is 0 Å². The van der Waals surface area contributed by atoms with E-state index in [0.717, 1.165) is 12.8 Å². The summed E-state index contributed by atoms with van der Waals surface area (Å²) in [4.78, 5) is 27.6. The highest BCUT2D eigenvalue weighted by Gasteiger charge is 2.24. The van der Waals surface area contributed by atoms with E-state index in [4.69, 9.17) is 4.74 Å². The monoisotopic (exact) mass is 263 g/mol. The minimum atomic E-state index is -0.236. The minimum absolute atomic E-state index is 0.228. The molecule has 1 heterocycles. The molecule has 1 aliphatic carbocycles. The van der Waals surface area contributed by atoms with Crippen LogP contribution in [0.5, 0.6) is 0 Å². The van der Waals surface area contributed by atoms with Crippen LogP contribution in [0.15, 0.2) is 18.3 Å². The summed E-state index contributed by atoms with van der Waals surface area (Å²) in [5.41, 5.74) is 0.693. The van der Waals surface area contributed by atoms with E-state index in [1.807, 2.05) is 0 Å². The van der Waals surface area contributed by atoms with E-state index in [0.29, 0.717) is 18.7 Å². The maximum atomic E-state index is 11.8. The second-order valence-electron chi connectivity index (χ2n) is 4.43. The van der Waals surface area contributed by atoms with Gasteiger partial charge in [0.1, 0.15) is 5.69 Å². The third kappa shape index (κ3) is 4.03. The Kier molecular flexibility index (Phi) is 4.46. The highest BCUT2D eigenvalue weighted by molar-refractivity contribution is 5.98. The molecule has 0 atom stereocenters. The van der Waals surface area contributed by atoms with Gasteiger partial charge in [-0.1, -0.05) is 0 Å². The van der Waals surface area contributed by atoms with Crippen LogP contribution >= 0.6 is 0 Å². The Balaban J connectivity index is 1.97. The van der Waals surface area contributed by atoms with Crippen molar-refractivity contribution in [2.24, 2.45) is 0 Å². The van der Waals surface area contributed by atoms with E-state index in [-0.39, 0.29) is 23.6 Å². The number of hydrogen-bond donors (Lipinski definition) is 2. The molecule has 1 aromatic heterocycles. The second-order valence-corrected chi connectivity index (χ2v) is 4.43. The molecule has 0 saturated heterocycles. The SMILES string of the molecule is COCCNC(=O)c1ccnc(C(=O)NC2CC2)c1. The number of nitrogens with zero attached hydrogens (tertiary/aromatic N) is 1. The molecule has 2 N–H and O–H groups in total. The molecule has 0 aromatic carbocycles. The molecule has 1 saturated carbocycles. The van der Waals surface area contributed by atoms with Crippen LogP contribution in [-0.2, 0) is 4.74 Å². The Labute approximate surface area is 111 Å². The predicted molar refractivity (Wildman–Crippen MR) is 68.9 cm³/mol. The molecule has 0 aliphatic heterocycles. The Morgan fingerprint density at radius 3 is 2.89 bits per heavy atom. The van der Waals surface area contributed by atoms with E-state index in [2.05, 4.69) is 15.6 Å². The van der Waals surface area contributed by atoms with Crippen LogP contribution in [0.25, 0.3) is 0 Å². The van der Waals surface area contributed by atoms with Crippen LogP contribution in [0.4, 0.5) is 0 Å². The summed E-state index contributed by atoms with van der Waals surface area (Å²) in [7, 11) is 1.57. The molecule has 1 fully saturated rings. The molecule has 0 unspecified atom stereocenters. The van der Waals surface area contributed by atoms with Crippen molar-refractivity contribution in [3.63, 3.8) is 0 Å². The zero-order chi connectivity index (χ0) is 13.7. The Morgan fingerprint density at radius 1 is 1.42 bits per heavy atom. The molecule has 1 aliphatic rings. The van der Waals surface area contributed by atoms with Gasteiger partial charge in [0.25, 0.3) is 11.8 Å². The van der Waals surface area contributed by atoms with Gasteiger partial charge in [0.2, 0.25) is 0 Å². The number of carbonyl (C=O) groups is 2. The standard InChI is InChI=1S/C13H17N3O3/c1-19-7-6-15-12(17)9-4-5-14-11(8-9)13(18)16-10-2-3-10/h4-5,8,10H,2-3,6-7H2,1H3,(H,15,17)(H,16,18). The van der Waals surface area contributed by atoms with Crippen molar-refractivity contribution in [3.05, 3.63) is 29.6 Å². The molecule has 1 aromatic rings. The average Bonchev–Trinajstić information content (AvgIpc) is 3.23. The van der Waals surface area contributed by atoms with Crippen molar-refractivity contribution in [3.8, 4) is 0 Å². The van der Waals surface area contributed by atoms with Crippen LogP contribution in [0.2, 0.25) is 0 Å². The summed E-state index contributed by atoms with van der Waals surface area (Å²) >= 11 is 0. The third-order valence-corrected chi connectivity index (χ3v) is 2.76. The number of pyridine rings is 1. The van der Waals surface area contributed by atoms with Gasteiger partial charge in [-0.25, -0.2) is 0 Å². The number of carbonyl (C=O) groups excluding carboxylic acids is 2. The number of hydrogen-bond acceptors (Lipinski definition) is 4. The molecular weight excluding hydrogens is 246 g/mol. The first kappa shape index (κ1) is 13.5. The summed E-state index contributed by atoms with van der Waals surface area (Å²) in [5, 5.41) is 5.53. The van der Waals surface area contributed by atoms with Gasteiger partial charge in [-0.2, -0.15) is 0 Å². The Bertz CT molecular complexity index is 472. The lowest BCUT2D eigenvalue weighted by atomic mass is 10.2. The largest absolute Gasteiger partial charge is 0.383 e. The fourth-order valence-corrected chi connectivity index (χ4v) is 1.55. The van der Waals surface area contributed by atoms with Gasteiger partial charge in [-0.3, -0.25) is 14.6 Å². The molecule has 6 heteroatoms. The van der Waals surface area contributed by atoms with Gasteiger partial charge in [-0.05, 0) is 25.0 Å². The van der Waals surface area contributed by atoms with E-state index < -0.39 is 0 Å². The smallest absolute Gasteiger partial charge is 0.270 e. The topological polar surface area (TPSA) is 80.3 Å². The van der Waals surface area contributed by atoms with Crippen molar-refractivity contribution in [1.82, 2.24) is 15.6 Å². The maximum Gasteiger partial charge on any atom is 0.270 e. The van der Waals surface area contributed by atoms with Crippen molar-refractivity contribution in [1.29, 1.82) is 0 Å². The second kappa shape index (κ2) is 6.29. The van der Waals surface area contributed by atoms with Gasteiger partial charge >= 0.3 is 0 Å². The lowest BCUT2D eigenvalue weighted by Gasteiger charge is -2.06. The molecule has 2 amide bonds. The van der Waals surface area contributed by atoms with Crippen molar-refractivity contribution < 1.29 is 14.3 Å². The Hall–Kier alpha value is -1.95. The fraction of sp³-hybridized carbons (Fsp3) is 0.462. The van der Waals surface area contributed by atoms with Crippen LogP contribution < -0.4 is 10.6 Å². The molecule has 0 spiro atoms. The van der Waals surface area contributed by atoms with E-state index >= 15 is 0 Å². The first-order valence-electron chi connectivity index (χ1n) is 6.25. The number of aromatic nitrogens is 1. The summed E-state index contributed by atoms with van der Waals surface area (Å²) in [6, 6.07) is 3.35. The zero-order valence-electron chi connectivity index (χ0n) is 10.8. The molecule has 2 rings (SSSR count). The zero-order valence-corrected chi connectivity index (χ0v) is 10.8. The third-order valence-electron chi connectivity index (χ3n) is 2.76. The van der Waals surface area contributed by atoms with Crippen molar-refractivity contribution in [2.45, 2.75) is 18.9 Å². The molecule has 19 heavy (non-hydrogen) atoms. The van der Waals surface area contributed by atoms with E-state index in [9.17, 15) is 9.59 Å². The molecule has 0 radical (unpaired) electrons. The Morgan fingerprint density at radius 2 is 2.21 bits per heavy atom. The maximum absolute atomic E-state index is 11.8. The van der Waals surface area contributed by atoms with Gasteiger partial charge in [0, 0.05) is 31.5 Å². The summed E-state index contributed by atoms with van der Waals surface area (Å²) in [6.07, 6.45) is 3.50. The lowest BCUT2D eigenvalue weighted by Crippen LogP contribution is -2.29. The normalized spacial score (nSPS) is 13.9. The first-order chi connectivity index (χ1) is 9.20. The summed E-state index contributed by atoms with van der Waals surface area (Å²) in [6.45, 7) is 0.882. The number of nitrogens with one attached hydrogen (secondary N) is 2. The van der Waals surface area contributed by atoms with Crippen molar-refractivity contribution >= 4 is 11.8 Å². The number of ether oxygens (including phenoxy) is 1. The quantitative estimate of drug-likeness (QED) is 0.726. The van der Waals surface area contributed by atoms with E-state index in [1.165, 1.54) is 12.3 Å². The molecule has 0 bridgehead atoms. The highest BCUT2D eigenvalue weighted by Crippen LogP contribution is 2.19. The minimum Gasteiger partial charge on any atom is -0.383 e. The number of amides is 2. The van der Waals surface area contributed by atoms with E-state index in [1.54, 1.807) is 13.2 Å². The average molecular weight is 263 g/mol. The molecule has 6 nitrogen and oxygen atoms in total. The van der Waals surface area contributed by atoms with Gasteiger partial charge < -0.3 is 15.4 Å². The van der Waals surface area contributed by atoms with Gasteiger partial charge in [0.05, 0.1) is 6.61 Å².